The molecule has 1 aromatic rings. The van der Waals surface area contributed by atoms with Crippen molar-refractivity contribution in [1.29, 1.82) is 0 Å². The smallest absolute Gasteiger partial charge is 0.337 e. The summed E-state index contributed by atoms with van der Waals surface area (Å²) in [5.74, 6) is 3.05. The number of anilines is 1. The molecule has 6 heteroatoms. The Labute approximate surface area is 205 Å². The molecule has 0 spiro atoms. The Morgan fingerprint density at radius 2 is 1.68 bits per heavy atom. The zero-order valence-corrected chi connectivity index (χ0v) is 21.2. The average Bonchev–Trinajstić information content (AvgIpc) is 3.15. The van der Waals surface area contributed by atoms with Gasteiger partial charge in [0.25, 0.3) is 5.91 Å². The molecule has 0 unspecified atom stereocenters. The highest BCUT2D eigenvalue weighted by atomic mass is 16.2. The number of carbonyl (C=O) groups excluding carboxylic acids is 1. The summed E-state index contributed by atoms with van der Waals surface area (Å²) in [6.45, 7) is 5.63. The number of hydrogen-bond acceptors (Lipinski definition) is 4. The van der Waals surface area contributed by atoms with Crippen LogP contribution < -0.4 is 10.2 Å². The van der Waals surface area contributed by atoms with Gasteiger partial charge in [0.15, 0.2) is 0 Å². The maximum atomic E-state index is 13.1. The number of pyridine rings is 1. The van der Waals surface area contributed by atoms with Gasteiger partial charge in [-0.05, 0) is 62.0 Å². The van der Waals surface area contributed by atoms with E-state index >= 15 is 0 Å². The molecule has 1 aliphatic carbocycles. The second kappa shape index (κ2) is 11.2. The third-order valence-electron chi connectivity index (χ3n) is 8.65. The van der Waals surface area contributed by atoms with Crippen molar-refractivity contribution in [2.45, 2.75) is 89.5 Å². The molecule has 4 aliphatic rings. The molecule has 0 bridgehead atoms. The van der Waals surface area contributed by atoms with E-state index in [1.165, 1.54) is 77.2 Å². The minimum Gasteiger partial charge on any atom is -0.346 e. The molecule has 3 fully saturated rings. The van der Waals surface area contributed by atoms with Gasteiger partial charge in [0.05, 0.1) is 7.05 Å². The highest BCUT2D eigenvalue weighted by Gasteiger charge is 2.39. The van der Waals surface area contributed by atoms with E-state index in [4.69, 9.17) is 4.98 Å². The Hall–Kier alpha value is -1.95. The van der Waals surface area contributed by atoms with E-state index in [0.29, 0.717) is 0 Å². The molecule has 0 aromatic carbocycles. The molecule has 0 atom stereocenters. The third-order valence-corrected chi connectivity index (χ3v) is 8.65. The number of piperidine rings is 1. The lowest BCUT2D eigenvalue weighted by atomic mass is 9.86. The third kappa shape index (κ3) is 5.48. The van der Waals surface area contributed by atoms with Gasteiger partial charge in [0, 0.05) is 38.3 Å². The summed E-state index contributed by atoms with van der Waals surface area (Å²) in [6, 6.07) is 4.50. The minimum absolute atomic E-state index is 0.0649. The molecule has 5 rings (SSSR count). The molecule has 3 aliphatic heterocycles. The second-order valence-corrected chi connectivity index (χ2v) is 11.1. The van der Waals surface area contributed by atoms with Gasteiger partial charge in [-0.1, -0.05) is 44.9 Å². The lowest BCUT2D eigenvalue weighted by molar-refractivity contribution is -0.421. The fourth-order valence-corrected chi connectivity index (χ4v) is 6.50. The zero-order chi connectivity index (χ0) is 23.3. The second-order valence-electron chi connectivity index (χ2n) is 11.1. The summed E-state index contributed by atoms with van der Waals surface area (Å²) in [5, 5.41) is 3.32. The van der Waals surface area contributed by atoms with E-state index in [-0.39, 0.29) is 11.9 Å². The number of nitrogens with one attached hydrogen (secondary N) is 1. The molecule has 1 saturated carbocycles. The predicted molar refractivity (Wildman–Crippen MR) is 138 cm³/mol. The summed E-state index contributed by atoms with van der Waals surface area (Å²) >= 11 is 0. The maximum absolute atomic E-state index is 13.1. The number of amides is 1. The number of likely N-dealkylation sites (tertiary alicyclic amines) is 1. The van der Waals surface area contributed by atoms with Crippen LogP contribution in [0, 0.1) is 5.92 Å². The first-order chi connectivity index (χ1) is 16.7. The summed E-state index contributed by atoms with van der Waals surface area (Å²) in [6.07, 6.45) is 17.3. The average molecular weight is 467 g/mol. The van der Waals surface area contributed by atoms with E-state index in [9.17, 15) is 4.79 Å². The first kappa shape index (κ1) is 23.8. The first-order valence-electron chi connectivity index (χ1n) is 14.1. The van der Waals surface area contributed by atoms with Gasteiger partial charge in [-0.25, -0.2) is 4.58 Å². The van der Waals surface area contributed by atoms with Crippen molar-refractivity contribution in [3.63, 3.8) is 0 Å². The molecule has 1 aromatic heterocycles. The molecule has 186 valence electrons. The first-order valence-corrected chi connectivity index (χ1v) is 14.1. The highest BCUT2D eigenvalue weighted by Crippen LogP contribution is 2.30. The van der Waals surface area contributed by atoms with Crippen LogP contribution in [0.25, 0.3) is 0 Å². The molecular weight excluding hydrogens is 422 g/mol. The van der Waals surface area contributed by atoms with Crippen molar-refractivity contribution in [3.05, 3.63) is 17.7 Å². The molecule has 2 saturated heterocycles. The van der Waals surface area contributed by atoms with Crippen LogP contribution in [0.4, 0.5) is 11.6 Å². The number of nitrogens with zero attached hydrogens (tertiary/aromatic N) is 4. The van der Waals surface area contributed by atoms with E-state index in [0.717, 1.165) is 67.8 Å². The lowest BCUT2D eigenvalue weighted by Crippen LogP contribution is -2.49. The van der Waals surface area contributed by atoms with E-state index in [1.807, 2.05) is 11.6 Å². The Morgan fingerprint density at radius 1 is 0.971 bits per heavy atom. The molecule has 1 amide bonds. The summed E-state index contributed by atoms with van der Waals surface area (Å²) < 4.78 is 1.98. The van der Waals surface area contributed by atoms with Crippen molar-refractivity contribution in [2.75, 3.05) is 44.7 Å². The molecular formula is C28H44N5O+. The number of aromatic nitrogens is 1. The Kier molecular flexibility index (Phi) is 7.83. The zero-order valence-electron chi connectivity index (χ0n) is 21.2. The van der Waals surface area contributed by atoms with Gasteiger partial charge in [-0.3, -0.25) is 4.79 Å². The number of fused-ring (bicyclic) bond motifs is 1. The van der Waals surface area contributed by atoms with Gasteiger partial charge < -0.3 is 15.1 Å². The van der Waals surface area contributed by atoms with Crippen LogP contribution in [0.2, 0.25) is 0 Å². The number of carbonyl (C=O) groups is 1. The summed E-state index contributed by atoms with van der Waals surface area (Å²) in [5.41, 5.74) is 1.78. The van der Waals surface area contributed by atoms with Crippen LogP contribution in [0.5, 0.6) is 0 Å². The maximum Gasteiger partial charge on any atom is 0.337 e. The topological polar surface area (TPSA) is 51.5 Å². The van der Waals surface area contributed by atoms with Gasteiger partial charge in [0.2, 0.25) is 11.5 Å². The van der Waals surface area contributed by atoms with E-state index in [1.54, 1.807) is 0 Å². The normalized spacial score (nSPS) is 22.8. The molecule has 1 N–H and O–H groups in total. The Bertz CT molecular complexity index is 875. The quantitative estimate of drug-likeness (QED) is 0.602. The van der Waals surface area contributed by atoms with Crippen LogP contribution in [0.3, 0.4) is 0 Å². The van der Waals surface area contributed by atoms with Crippen LogP contribution in [-0.2, 0) is 4.79 Å². The highest BCUT2D eigenvalue weighted by molar-refractivity contribution is 6.46. The monoisotopic (exact) mass is 466 g/mol. The van der Waals surface area contributed by atoms with Gasteiger partial charge in [0.1, 0.15) is 5.56 Å². The largest absolute Gasteiger partial charge is 0.346 e. The molecule has 4 heterocycles. The number of rotatable bonds is 7. The SMILES string of the molecule is C[N+]1=C(C(=O)NC2CCN(CCCC3CCCCC3)CC2)c2ccc(N3CCCCCC3)nc21. The molecule has 0 radical (unpaired) electrons. The molecule has 6 nitrogen and oxygen atoms in total. The fraction of sp³-hybridized carbons (Fsp3) is 0.750. The van der Waals surface area contributed by atoms with Gasteiger partial charge >= 0.3 is 5.82 Å². The molecule has 34 heavy (non-hydrogen) atoms. The van der Waals surface area contributed by atoms with Crippen LogP contribution in [0.15, 0.2) is 12.1 Å². The van der Waals surface area contributed by atoms with Crippen molar-refractivity contribution in [2.24, 2.45) is 5.92 Å². The van der Waals surface area contributed by atoms with Crippen molar-refractivity contribution >= 4 is 23.3 Å². The summed E-state index contributed by atoms with van der Waals surface area (Å²) in [7, 11) is 1.98. The number of hydrogen-bond donors (Lipinski definition) is 1. The lowest BCUT2D eigenvalue weighted by Gasteiger charge is -2.33. The van der Waals surface area contributed by atoms with E-state index < -0.39 is 0 Å². The Morgan fingerprint density at radius 3 is 2.41 bits per heavy atom. The van der Waals surface area contributed by atoms with Gasteiger partial charge in [-0.2, -0.15) is 0 Å². The fourth-order valence-electron chi connectivity index (χ4n) is 6.50. The standard InChI is InChI=1S/C28H43N5O/c1-31-26(24-13-14-25(30-27(24)31)33-18-7-2-3-8-19-33)28(34)29-23-15-20-32(21-16-23)17-9-12-22-10-5-4-6-11-22/h13-14,22-23H,2-12,15-21H2,1H3/p+1. The van der Waals surface area contributed by atoms with Crippen LogP contribution in [0.1, 0.15) is 89.0 Å². The van der Waals surface area contributed by atoms with Crippen LogP contribution >= 0.6 is 0 Å². The van der Waals surface area contributed by atoms with E-state index in [2.05, 4.69) is 27.2 Å². The Balaban J connectivity index is 1.08. The minimum atomic E-state index is 0.0649. The van der Waals surface area contributed by atoms with Crippen LogP contribution in [-0.4, -0.2) is 71.9 Å². The predicted octanol–water partition coefficient (Wildman–Crippen LogP) is 4.48. The van der Waals surface area contributed by atoms with Crippen molar-refractivity contribution in [3.8, 4) is 0 Å². The van der Waals surface area contributed by atoms with Gasteiger partial charge in [-0.15, -0.1) is 0 Å². The van der Waals surface area contributed by atoms with Crippen molar-refractivity contribution < 1.29 is 9.37 Å². The van der Waals surface area contributed by atoms with Crippen molar-refractivity contribution in [1.82, 2.24) is 15.2 Å². The summed E-state index contributed by atoms with van der Waals surface area (Å²) in [4.78, 5) is 23.0.